The van der Waals surface area contributed by atoms with Gasteiger partial charge < -0.3 is 0 Å². The number of piperidine rings is 2. The van der Waals surface area contributed by atoms with E-state index in [0.29, 0.717) is 25.3 Å². The van der Waals surface area contributed by atoms with Crippen molar-refractivity contribution in [3.63, 3.8) is 0 Å². The molecule has 1 unspecified atom stereocenters. The van der Waals surface area contributed by atoms with Gasteiger partial charge in [-0.3, -0.25) is 24.8 Å². The van der Waals surface area contributed by atoms with Crippen molar-refractivity contribution in [1.82, 2.24) is 15.2 Å². The first-order chi connectivity index (χ1) is 16.8. The van der Waals surface area contributed by atoms with E-state index in [1.807, 2.05) is 12.1 Å². The lowest BCUT2D eigenvalue weighted by Gasteiger charge is -2.32. The van der Waals surface area contributed by atoms with Crippen molar-refractivity contribution in [2.75, 3.05) is 13.1 Å². The SMILES string of the molecule is O=C1CCC(c2cnc3ccc(C4CCN(Cc5ccc(C(F)(F)F)cc5)CC4)cc3c2)C(=O)N1. The maximum Gasteiger partial charge on any atom is 0.416 e. The highest BCUT2D eigenvalue weighted by Gasteiger charge is 2.30. The molecule has 1 atom stereocenters. The quantitative estimate of drug-likeness (QED) is 0.524. The summed E-state index contributed by atoms with van der Waals surface area (Å²) in [6.07, 6.45) is 0.171. The number of hydrogen-bond donors (Lipinski definition) is 1. The monoisotopic (exact) mass is 481 g/mol. The van der Waals surface area contributed by atoms with Crippen molar-refractivity contribution in [1.29, 1.82) is 0 Å². The Bertz CT molecular complexity index is 1250. The van der Waals surface area contributed by atoms with Crippen LogP contribution in [0.4, 0.5) is 13.2 Å². The summed E-state index contributed by atoms with van der Waals surface area (Å²) in [6.45, 7) is 2.39. The summed E-state index contributed by atoms with van der Waals surface area (Å²) in [6, 6.07) is 13.7. The van der Waals surface area contributed by atoms with Crippen molar-refractivity contribution < 1.29 is 22.8 Å². The van der Waals surface area contributed by atoms with Crippen LogP contribution in [0.15, 0.2) is 54.7 Å². The van der Waals surface area contributed by atoms with E-state index in [0.717, 1.165) is 60.1 Å². The van der Waals surface area contributed by atoms with Crippen molar-refractivity contribution in [3.05, 3.63) is 77.0 Å². The van der Waals surface area contributed by atoms with Crippen molar-refractivity contribution in [2.45, 2.75) is 50.2 Å². The fraction of sp³-hybridized carbons (Fsp3) is 0.370. The molecule has 1 aromatic heterocycles. The topological polar surface area (TPSA) is 62.3 Å². The molecule has 1 N–H and O–H groups in total. The molecule has 8 heteroatoms. The Morgan fingerprint density at radius 3 is 2.34 bits per heavy atom. The molecule has 0 aliphatic carbocycles. The number of rotatable bonds is 4. The molecule has 0 spiro atoms. The molecule has 2 aliphatic heterocycles. The van der Waals surface area contributed by atoms with E-state index in [-0.39, 0.29) is 17.7 Å². The lowest BCUT2D eigenvalue weighted by atomic mass is 9.87. The van der Waals surface area contributed by atoms with E-state index in [4.69, 9.17) is 0 Å². The molecule has 3 aromatic rings. The van der Waals surface area contributed by atoms with Crippen molar-refractivity contribution in [3.8, 4) is 0 Å². The summed E-state index contributed by atoms with van der Waals surface area (Å²) in [7, 11) is 0. The molecular weight excluding hydrogens is 455 g/mol. The molecule has 2 aromatic carbocycles. The maximum absolute atomic E-state index is 12.8. The van der Waals surface area contributed by atoms with E-state index in [1.165, 1.54) is 5.56 Å². The van der Waals surface area contributed by atoms with E-state index in [2.05, 4.69) is 27.3 Å². The number of alkyl halides is 3. The standard InChI is InChI=1S/C27H26F3N3O2/c28-27(29,30)22-4-1-17(2-5-22)16-33-11-9-18(10-12-33)19-3-7-24-20(13-19)14-21(15-31-24)23-6-8-25(34)32-26(23)35/h1-5,7,13-15,18,23H,6,8-12,16H2,(H,32,34,35). The Hall–Kier alpha value is -3.26. The number of carbonyl (C=O) groups is 2. The summed E-state index contributed by atoms with van der Waals surface area (Å²) in [5.74, 6) is -0.463. The Morgan fingerprint density at radius 2 is 1.66 bits per heavy atom. The minimum Gasteiger partial charge on any atom is -0.299 e. The van der Waals surface area contributed by atoms with Crippen LogP contribution in [0, 0.1) is 0 Å². The zero-order chi connectivity index (χ0) is 24.6. The number of nitrogens with zero attached hydrogens (tertiary/aromatic N) is 2. The molecule has 0 saturated carbocycles. The van der Waals surface area contributed by atoms with Crippen LogP contribution in [0.3, 0.4) is 0 Å². The summed E-state index contributed by atoms with van der Waals surface area (Å²) < 4.78 is 38.4. The van der Waals surface area contributed by atoms with Gasteiger partial charge in [0.05, 0.1) is 17.0 Å². The van der Waals surface area contributed by atoms with Gasteiger partial charge in [0.15, 0.2) is 0 Å². The second kappa shape index (κ2) is 9.41. The van der Waals surface area contributed by atoms with Gasteiger partial charge in [-0.1, -0.05) is 18.2 Å². The number of likely N-dealkylation sites (tertiary alicyclic amines) is 1. The molecular formula is C27H26F3N3O2. The number of pyridine rings is 1. The van der Waals surface area contributed by atoms with Gasteiger partial charge >= 0.3 is 6.18 Å². The maximum atomic E-state index is 12.8. The number of carbonyl (C=O) groups excluding carboxylic acids is 2. The second-order valence-corrected chi connectivity index (χ2v) is 9.47. The number of nitrogens with one attached hydrogen (secondary N) is 1. The molecule has 182 valence electrons. The largest absolute Gasteiger partial charge is 0.416 e. The first-order valence-electron chi connectivity index (χ1n) is 11.9. The van der Waals surface area contributed by atoms with Gasteiger partial charge in [0, 0.05) is 24.5 Å². The molecule has 2 fully saturated rings. The average Bonchev–Trinajstić information content (AvgIpc) is 2.84. The molecule has 0 bridgehead atoms. The number of halogens is 3. The van der Waals surface area contributed by atoms with E-state index >= 15 is 0 Å². The molecule has 35 heavy (non-hydrogen) atoms. The van der Waals surface area contributed by atoms with E-state index in [1.54, 1.807) is 18.3 Å². The first kappa shape index (κ1) is 23.5. The summed E-state index contributed by atoms with van der Waals surface area (Å²) >= 11 is 0. The zero-order valence-electron chi connectivity index (χ0n) is 19.1. The predicted molar refractivity (Wildman–Crippen MR) is 126 cm³/mol. The van der Waals surface area contributed by atoms with Crippen molar-refractivity contribution in [2.24, 2.45) is 0 Å². The van der Waals surface area contributed by atoms with E-state index in [9.17, 15) is 22.8 Å². The highest BCUT2D eigenvalue weighted by atomic mass is 19.4. The minimum atomic E-state index is -4.31. The third-order valence-electron chi connectivity index (χ3n) is 7.11. The number of benzene rings is 2. The first-order valence-corrected chi connectivity index (χ1v) is 11.9. The molecule has 5 rings (SSSR count). The van der Waals surface area contributed by atoms with Crippen LogP contribution in [-0.4, -0.2) is 34.8 Å². The van der Waals surface area contributed by atoms with Crippen LogP contribution in [-0.2, 0) is 22.3 Å². The predicted octanol–water partition coefficient (Wildman–Crippen LogP) is 5.15. The Kier molecular flexibility index (Phi) is 6.32. The highest BCUT2D eigenvalue weighted by molar-refractivity contribution is 6.01. The lowest BCUT2D eigenvalue weighted by molar-refractivity contribution is -0.138. The fourth-order valence-corrected chi connectivity index (χ4v) is 5.10. The number of aromatic nitrogens is 1. The van der Waals surface area contributed by atoms with Crippen molar-refractivity contribution >= 4 is 22.7 Å². The highest BCUT2D eigenvalue weighted by Crippen LogP contribution is 2.33. The number of fused-ring (bicyclic) bond motifs is 1. The molecule has 3 heterocycles. The van der Waals surface area contributed by atoms with Gasteiger partial charge in [0.25, 0.3) is 0 Å². The van der Waals surface area contributed by atoms with Gasteiger partial charge in [-0.05, 0) is 85.3 Å². The van der Waals surface area contributed by atoms with Gasteiger partial charge in [-0.25, -0.2) is 0 Å². The molecule has 0 radical (unpaired) electrons. The van der Waals surface area contributed by atoms with Gasteiger partial charge in [-0.2, -0.15) is 13.2 Å². The third-order valence-corrected chi connectivity index (χ3v) is 7.11. The summed E-state index contributed by atoms with van der Waals surface area (Å²) in [5.41, 5.74) is 3.19. The van der Waals surface area contributed by atoms with Crippen LogP contribution < -0.4 is 5.32 Å². The summed E-state index contributed by atoms with van der Waals surface area (Å²) in [4.78, 5) is 30.5. The number of hydrogen-bond acceptors (Lipinski definition) is 4. The number of imide groups is 1. The van der Waals surface area contributed by atoms with Crippen LogP contribution >= 0.6 is 0 Å². The van der Waals surface area contributed by atoms with Crippen LogP contribution in [0.1, 0.15) is 59.8 Å². The average molecular weight is 482 g/mol. The molecule has 2 saturated heterocycles. The smallest absolute Gasteiger partial charge is 0.299 e. The van der Waals surface area contributed by atoms with Crippen LogP contribution in [0.5, 0.6) is 0 Å². The van der Waals surface area contributed by atoms with Gasteiger partial charge in [-0.15, -0.1) is 0 Å². The molecule has 2 amide bonds. The molecule has 2 aliphatic rings. The normalized spacial score (nSPS) is 20.3. The van der Waals surface area contributed by atoms with Gasteiger partial charge in [0.2, 0.25) is 11.8 Å². The Balaban J connectivity index is 1.24. The third kappa shape index (κ3) is 5.22. The van der Waals surface area contributed by atoms with E-state index < -0.39 is 11.7 Å². The number of amides is 2. The van der Waals surface area contributed by atoms with Crippen LogP contribution in [0.2, 0.25) is 0 Å². The zero-order valence-corrected chi connectivity index (χ0v) is 19.1. The van der Waals surface area contributed by atoms with Gasteiger partial charge in [0.1, 0.15) is 0 Å². The Labute approximate surface area is 201 Å². The molecule has 5 nitrogen and oxygen atoms in total. The minimum absolute atomic E-state index is 0.230. The summed E-state index contributed by atoms with van der Waals surface area (Å²) in [5, 5.41) is 3.39. The second-order valence-electron chi connectivity index (χ2n) is 9.47. The van der Waals surface area contributed by atoms with Crippen LogP contribution in [0.25, 0.3) is 10.9 Å². The Morgan fingerprint density at radius 1 is 0.943 bits per heavy atom. The lowest BCUT2D eigenvalue weighted by Crippen LogP contribution is -2.39. The fourth-order valence-electron chi connectivity index (χ4n) is 5.10.